The van der Waals surface area contributed by atoms with Crippen molar-refractivity contribution in [2.24, 2.45) is 0 Å². The summed E-state index contributed by atoms with van der Waals surface area (Å²) in [6.07, 6.45) is 3.72. The minimum absolute atomic E-state index is 0.0108. The van der Waals surface area contributed by atoms with E-state index in [9.17, 15) is 8.42 Å². The van der Waals surface area contributed by atoms with E-state index < -0.39 is 9.84 Å². The summed E-state index contributed by atoms with van der Waals surface area (Å²) >= 11 is 6.94. The highest BCUT2D eigenvalue weighted by molar-refractivity contribution is 9.11. The third-order valence-corrected chi connectivity index (χ3v) is 5.02. The second-order valence-electron chi connectivity index (χ2n) is 5.02. The minimum Gasteiger partial charge on any atom is -0.490 e. The van der Waals surface area contributed by atoms with E-state index in [1.54, 1.807) is 0 Å². The lowest BCUT2D eigenvalue weighted by molar-refractivity contribution is 0.336. The Bertz CT molecular complexity index is 562. The van der Waals surface area contributed by atoms with Crippen LogP contribution in [0.15, 0.2) is 21.1 Å². The Labute approximate surface area is 136 Å². The first kappa shape index (κ1) is 16.3. The van der Waals surface area contributed by atoms with Crippen LogP contribution in [0.3, 0.4) is 0 Å². The SMILES string of the molecule is CS(=O)(=O)CCOc1c(Br)cc(CNC2CC2)cc1Br. The van der Waals surface area contributed by atoms with Crippen LogP contribution in [0.5, 0.6) is 5.75 Å². The highest BCUT2D eigenvalue weighted by atomic mass is 79.9. The van der Waals surface area contributed by atoms with Crippen LogP contribution in [-0.2, 0) is 16.4 Å². The van der Waals surface area contributed by atoms with Gasteiger partial charge in [0.2, 0.25) is 0 Å². The molecule has 1 N–H and O–H groups in total. The monoisotopic (exact) mass is 425 g/mol. The van der Waals surface area contributed by atoms with E-state index in [1.807, 2.05) is 12.1 Å². The highest BCUT2D eigenvalue weighted by Gasteiger charge is 2.20. The van der Waals surface area contributed by atoms with Gasteiger partial charge in [0.05, 0.1) is 14.7 Å². The zero-order chi connectivity index (χ0) is 14.8. The molecule has 1 fully saturated rings. The molecule has 1 saturated carbocycles. The Morgan fingerprint density at radius 2 is 1.90 bits per heavy atom. The van der Waals surface area contributed by atoms with E-state index in [4.69, 9.17) is 4.74 Å². The number of halogens is 2. The molecule has 7 heteroatoms. The first-order valence-electron chi connectivity index (χ1n) is 6.37. The molecule has 0 aromatic heterocycles. The molecule has 1 aliphatic rings. The van der Waals surface area contributed by atoms with Crippen molar-refractivity contribution >= 4 is 41.7 Å². The normalized spacial score (nSPS) is 15.3. The van der Waals surface area contributed by atoms with E-state index in [2.05, 4.69) is 37.2 Å². The van der Waals surface area contributed by atoms with Crippen molar-refractivity contribution in [1.29, 1.82) is 0 Å². The lowest BCUT2D eigenvalue weighted by Crippen LogP contribution is -2.15. The van der Waals surface area contributed by atoms with Crippen LogP contribution in [0.2, 0.25) is 0 Å². The van der Waals surface area contributed by atoms with E-state index in [-0.39, 0.29) is 12.4 Å². The van der Waals surface area contributed by atoms with Gasteiger partial charge in [-0.15, -0.1) is 0 Å². The second-order valence-corrected chi connectivity index (χ2v) is 8.99. The average Bonchev–Trinajstić information content (AvgIpc) is 3.12. The fourth-order valence-corrected chi connectivity index (χ4v) is 3.59. The maximum absolute atomic E-state index is 11.1. The van der Waals surface area contributed by atoms with Crippen LogP contribution in [0.25, 0.3) is 0 Å². The Balaban J connectivity index is 1.97. The molecule has 4 nitrogen and oxygen atoms in total. The molecule has 0 aliphatic heterocycles. The molecule has 0 amide bonds. The molecule has 1 aromatic carbocycles. The Morgan fingerprint density at radius 1 is 1.30 bits per heavy atom. The van der Waals surface area contributed by atoms with Crippen LogP contribution in [0.1, 0.15) is 18.4 Å². The third kappa shape index (κ3) is 5.35. The molecular formula is C13H17Br2NO3S. The molecule has 112 valence electrons. The summed E-state index contributed by atoms with van der Waals surface area (Å²) in [5.41, 5.74) is 1.16. The summed E-state index contributed by atoms with van der Waals surface area (Å²) in [5.74, 6) is 0.653. The number of benzene rings is 1. The van der Waals surface area contributed by atoms with Crippen molar-refractivity contribution in [3.63, 3.8) is 0 Å². The van der Waals surface area contributed by atoms with Crippen LogP contribution in [0, 0.1) is 0 Å². The van der Waals surface area contributed by atoms with Crippen molar-refractivity contribution in [1.82, 2.24) is 5.32 Å². The van der Waals surface area contributed by atoms with Gasteiger partial charge in [0.25, 0.3) is 0 Å². The summed E-state index contributed by atoms with van der Waals surface area (Å²) in [6, 6.07) is 4.66. The summed E-state index contributed by atoms with van der Waals surface area (Å²) in [5, 5.41) is 3.45. The van der Waals surface area contributed by atoms with Gasteiger partial charge in [-0.05, 0) is 62.4 Å². The predicted octanol–water partition coefficient (Wildman–Crippen LogP) is 2.89. The first-order valence-corrected chi connectivity index (χ1v) is 10.0. The Morgan fingerprint density at radius 3 is 2.40 bits per heavy atom. The van der Waals surface area contributed by atoms with Gasteiger partial charge < -0.3 is 10.1 Å². The van der Waals surface area contributed by atoms with Crippen LogP contribution < -0.4 is 10.1 Å². The second kappa shape index (κ2) is 6.77. The van der Waals surface area contributed by atoms with Gasteiger partial charge in [-0.3, -0.25) is 0 Å². The van der Waals surface area contributed by atoms with E-state index in [1.165, 1.54) is 19.1 Å². The molecule has 2 rings (SSSR count). The Hall–Kier alpha value is -0.110. The topological polar surface area (TPSA) is 55.4 Å². The van der Waals surface area contributed by atoms with Crippen molar-refractivity contribution in [3.8, 4) is 5.75 Å². The molecule has 0 unspecified atom stereocenters. The fraction of sp³-hybridized carbons (Fsp3) is 0.538. The standard InChI is InChI=1S/C13H17Br2NO3S/c1-20(17,18)5-4-19-13-11(14)6-9(7-12(13)15)8-16-10-2-3-10/h6-7,10,16H,2-5,8H2,1H3. The quantitative estimate of drug-likeness (QED) is 0.728. The molecule has 1 aliphatic carbocycles. The molecule has 0 heterocycles. The average molecular weight is 427 g/mol. The van der Waals surface area contributed by atoms with E-state index in [0.717, 1.165) is 21.1 Å². The van der Waals surface area contributed by atoms with Gasteiger partial charge in [-0.1, -0.05) is 0 Å². The molecule has 0 bridgehead atoms. The molecule has 0 atom stereocenters. The van der Waals surface area contributed by atoms with Crippen LogP contribution in [-0.4, -0.2) is 33.1 Å². The van der Waals surface area contributed by atoms with Crippen molar-refractivity contribution in [2.75, 3.05) is 18.6 Å². The van der Waals surface area contributed by atoms with Gasteiger partial charge >= 0.3 is 0 Å². The zero-order valence-corrected chi connectivity index (χ0v) is 15.1. The molecule has 0 saturated heterocycles. The smallest absolute Gasteiger partial charge is 0.150 e. The van der Waals surface area contributed by atoms with Crippen molar-refractivity contribution in [2.45, 2.75) is 25.4 Å². The molecular weight excluding hydrogens is 410 g/mol. The fourth-order valence-electron chi connectivity index (χ4n) is 1.70. The summed E-state index contributed by atoms with van der Waals surface area (Å²) in [6.45, 7) is 0.973. The number of hydrogen-bond donors (Lipinski definition) is 1. The van der Waals surface area contributed by atoms with Crippen LogP contribution in [0.4, 0.5) is 0 Å². The van der Waals surface area contributed by atoms with Gasteiger partial charge in [-0.2, -0.15) is 0 Å². The summed E-state index contributed by atoms with van der Waals surface area (Å²) in [4.78, 5) is 0. The van der Waals surface area contributed by atoms with Crippen LogP contribution >= 0.6 is 31.9 Å². The van der Waals surface area contributed by atoms with Crippen molar-refractivity contribution in [3.05, 3.63) is 26.6 Å². The van der Waals surface area contributed by atoms with E-state index >= 15 is 0 Å². The number of ether oxygens (including phenoxy) is 1. The van der Waals surface area contributed by atoms with Gasteiger partial charge in [0, 0.05) is 18.8 Å². The number of hydrogen-bond acceptors (Lipinski definition) is 4. The predicted molar refractivity (Wildman–Crippen MR) is 86.9 cm³/mol. The number of nitrogens with one attached hydrogen (secondary N) is 1. The number of sulfone groups is 1. The largest absolute Gasteiger partial charge is 0.490 e. The summed E-state index contributed by atoms with van der Waals surface area (Å²) in [7, 11) is -3.00. The highest BCUT2D eigenvalue weighted by Crippen LogP contribution is 2.35. The lowest BCUT2D eigenvalue weighted by Gasteiger charge is -2.12. The lowest BCUT2D eigenvalue weighted by atomic mass is 10.2. The van der Waals surface area contributed by atoms with E-state index in [0.29, 0.717) is 11.8 Å². The summed E-state index contributed by atoms with van der Waals surface area (Å²) < 4.78 is 29.4. The zero-order valence-electron chi connectivity index (χ0n) is 11.2. The van der Waals surface area contributed by atoms with Gasteiger partial charge in [0.15, 0.2) is 9.84 Å². The molecule has 0 radical (unpaired) electrons. The molecule has 0 spiro atoms. The first-order chi connectivity index (χ1) is 9.35. The Kier molecular flexibility index (Phi) is 5.50. The maximum atomic E-state index is 11.1. The minimum atomic E-state index is -3.00. The number of rotatable bonds is 7. The molecule has 20 heavy (non-hydrogen) atoms. The maximum Gasteiger partial charge on any atom is 0.150 e. The van der Waals surface area contributed by atoms with Gasteiger partial charge in [-0.25, -0.2) is 8.42 Å². The third-order valence-electron chi connectivity index (χ3n) is 2.93. The van der Waals surface area contributed by atoms with Gasteiger partial charge in [0.1, 0.15) is 12.4 Å². The molecule has 1 aromatic rings. The van der Waals surface area contributed by atoms with Crippen molar-refractivity contribution < 1.29 is 13.2 Å².